The predicted octanol–water partition coefficient (Wildman–Crippen LogP) is 1.34. The first-order valence-electron chi connectivity index (χ1n) is 10.7. The van der Waals surface area contributed by atoms with Gasteiger partial charge in [-0.2, -0.15) is 0 Å². The molecule has 6 unspecified atom stereocenters. The minimum absolute atomic E-state index is 0.357. The van der Waals surface area contributed by atoms with E-state index in [1.165, 1.54) is 45.2 Å². The Labute approximate surface area is 157 Å². The number of epoxide rings is 3. The molecule has 0 aromatic rings. The van der Waals surface area contributed by atoms with Crippen LogP contribution in [0.5, 0.6) is 0 Å². The van der Waals surface area contributed by atoms with Crippen molar-refractivity contribution in [1.29, 1.82) is 0 Å². The molecule has 0 N–H and O–H groups in total. The molecule has 148 valence electrons. The maximum Gasteiger partial charge on any atom is 0.112 e. The molecule has 6 heteroatoms. The molecule has 5 fully saturated rings. The van der Waals surface area contributed by atoms with Gasteiger partial charge in [0.1, 0.15) is 6.23 Å². The molecule has 0 radical (unpaired) electrons. The molecular formula is C20H34N2O4. The Kier molecular flexibility index (Phi) is 5.50. The number of hydrogen-bond donors (Lipinski definition) is 0. The third-order valence-electron chi connectivity index (χ3n) is 6.55. The molecule has 1 saturated carbocycles. The second-order valence-electron chi connectivity index (χ2n) is 9.05. The predicted molar refractivity (Wildman–Crippen MR) is 97.0 cm³/mol. The molecule has 4 saturated heterocycles. The lowest BCUT2D eigenvalue weighted by Crippen LogP contribution is -2.49. The van der Waals surface area contributed by atoms with Crippen molar-refractivity contribution in [2.45, 2.75) is 56.6 Å². The van der Waals surface area contributed by atoms with Gasteiger partial charge in [-0.3, -0.25) is 9.80 Å². The highest BCUT2D eigenvalue weighted by atomic mass is 16.6. The van der Waals surface area contributed by atoms with Crippen LogP contribution < -0.4 is 0 Å². The van der Waals surface area contributed by atoms with E-state index >= 15 is 0 Å². The number of nitrogens with zero attached hydrogens (tertiary/aromatic N) is 2. The van der Waals surface area contributed by atoms with E-state index in [0.717, 1.165) is 57.9 Å². The average Bonchev–Trinajstić information content (AvgIpc) is 3.39. The van der Waals surface area contributed by atoms with Crippen molar-refractivity contribution in [2.24, 2.45) is 11.8 Å². The molecule has 4 heterocycles. The van der Waals surface area contributed by atoms with Gasteiger partial charge in [0.15, 0.2) is 0 Å². The summed E-state index contributed by atoms with van der Waals surface area (Å²) in [5.74, 6) is 1.64. The Morgan fingerprint density at radius 1 is 0.654 bits per heavy atom. The molecule has 0 aromatic carbocycles. The smallest absolute Gasteiger partial charge is 0.112 e. The third-order valence-corrected chi connectivity index (χ3v) is 6.55. The molecule has 1 aliphatic carbocycles. The molecule has 4 aliphatic heterocycles. The van der Waals surface area contributed by atoms with E-state index < -0.39 is 0 Å². The molecular weight excluding hydrogens is 332 g/mol. The highest BCUT2D eigenvalue weighted by Gasteiger charge is 2.36. The minimum Gasteiger partial charge on any atom is -0.372 e. The van der Waals surface area contributed by atoms with Gasteiger partial charge in [-0.05, 0) is 31.1 Å². The van der Waals surface area contributed by atoms with E-state index in [0.29, 0.717) is 24.5 Å². The van der Waals surface area contributed by atoms with Crippen LogP contribution in [-0.2, 0) is 18.9 Å². The second-order valence-corrected chi connectivity index (χ2v) is 9.05. The van der Waals surface area contributed by atoms with Gasteiger partial charge in [-0.1, -0.05) is 6.42 Å². The van der Waals surface area contributed by atoms with Crippen molar-refractivity contribution in [3.05, 3.63) is 0 Å². The van der Waals surface area contributed by atoms with Crippen LogP contribution in [0, 0.1) is 11.8 Å². The van der Waals surface area contributed by atoms with E-state index in [1.54, 1.807) is 0 Å². The van der Waals surface area contributed by atoms with Crippen molar-refractivity contribution in [3.63, 3.8) is 0 Å². The normalized spacial score (nSPS) is 41.3. The molecule has 0 bridgehead atoms. The van der Waals surface area contributed by atoms with Crippen LogP contribution in [0.25, 0.3) is 0 Å². The highest BCUT2D eigenvalue weighted by Crippen LogP contribution is 2.33. The van der Waals surface area contributed by atoms with E-state index in [9.17, 15) is 0 Å². The third kappa shape index (κ3) is 5.18. The maximum absolute atomic E-state index is 5.79. The van der Waals surface area contributed by atoms with Crippen LogP contribution in [-0.4, -0.2) is 93.5 Å². The van der Waals surface area contributed by atoms with Crippen molar-refractivity contribution in [2.75, 3.05) is 59.2 Å². The topological polar surface area (TPSA) is 53.3 Å². The van der Waals surface area contributed by atoms with Crippen molar-refractivity contribution in [3.8, 4) is 0 Å². The fourth-order valence-corrected chi connectivity index (χ4v) is 4.83. The first-order chi connectivity index (χ1) is 12.8. The van der Waals surface area contributed by atoms with Gasteiger partial charge in [0.2, 0.25) is 0 Å². The van der Waals surface area contributed by atoms with E-state index in [1.807, 2.05) is 0 Å². The van der Waals surface area contributed by atoms with Gasteiger partial charge in [-0.15, -0.1) is 0 Å². The van der Waals surface area contributed by atoms with Gasteiger partial charge in [0, 0.05) is 39.1 Å². The quantitative estimate of drug-likeness (QED) is 0.515. The summed E-state index contributed by atoms with van der Waals surface area (Å²) in [5, 5.41) is 0. The maximum atomic E-state index is 5.79. The lowest BCUT2D eigenvalue weighted by atomic mass is 9.80. The fraction of sp³-hybridized carbons (Fsp3) is 1.00. The summed E-state index contributed by atoms with van der Waals surface area (Å²) in [6.45, 7) is 9.46. The van der Waals surface area contributed by atoms with Gasteiger partial charge in [-0.25, -0.2) is 0 Å². The molecule has 26 heavy (non-hydrogen) atoms. The summed E-state index contributed by atoms with van der Waals surface area (Å²) in [6, 6.07) is 0. The number of ether oxygens (including phenoxy) is 4. The van der Waals surface area contributed by atoms with Crippen molar-refractivity contribution in [1.82, 2.24) is 9.80 Å². The molecule has 6 nitrogen and oxygen atoms in total. The lowest BCUT2D eigenvalue weighted by Gasteiger charge is -2.41. The average molecular weight is 367 g/mol. The molecule has 6 atom stereocenters. The Balaban J connectivity index is 1.11. The minimum atomic E-state index is 0.357. The molecule has 0 aromatic heterocycles. The summed E-state index contributed by atoms with van der Waals surface area (Å²) in [7, 11) is 0. The Hall–Kier alpha value is -0.240. The fourth-order valence-electron chi connectivity index (χ4n) is 4.83. The summed E-state index contributed by atoms with van der Waals surface area (Å²) < 4.78 is 22.2. The van der Waals surface area contributed by atoms with Gasteiger partial charge >= 0.3 is 0 Å². The Bertz CT molecular complexity index is 449. The van der Waals surface area contributed by atoms with Gasteiger partial charge < -0.3 is 18.9 Å². The van der Waals surface area contributed by atoms with Gasteiger partial charge in [0.05, 0.1) is 44.7 Å². The van der Waals surface area contributed by atoms with Gasteiger partial charge in [0.25, 0.3) is 0 Å². The first kappa shape index (κ1) is 17.8. The molecule has 0 amide bonds. The van der Waals surface area contributed by atoms with Crippen LogP contribution in [0.1, 0.15) is 32.1 Å². The Morgan fingerprint density at radius 2 is 1.23 bits per heavy atom. The standard InChI is InChI=1S/C20H34N2O4/c1-2-15(7-21(9-17-12-24-17)10-18-13-25-18)6-16(3-1)8-22(11-19-14-26-19)20-4-5-23-20/h15-20H,1-14H2. The van der Waals surface area contributed by atoms with E-state index in [4.69, 9.17) is 18.9 Å². The number of rotatable bonds is 11. The SMILES string of the molecule is C1CC(CN(CC2CO2)CC2CO2)CC(CN(CC2CO2)C2CCO2)C1. The second kappa shape index (κ2) is 8.02. The van der Waals surface area contributed by atoms with Crippen LogP contribution in [0.2, 0.25) is 0 Å². The van der Waals surface area contributed by atoms with Crippen LogP contribution >= 0.6 is 0 Å². The zero-order valence-corrected chi connectivity index (χ0v) is 15.9. The monoisotopic (exact) mass is 366 g/mol. The summed E-state index contributed by atoms with van der Waals surface area (Å²) in [6.07, 6.45) is 8.49. The summed E-state index contributed by atoms with van der Waals surface area (Å²) in [4.78, 5) is 5.19. The molecule has 0 spiro atoms. The molecule has 5 aliphatic rings. The zero-order chi connectivity index (χ0) is 17.3. The van der Waals surface area contributed by atoms with Crippen LogP contribution in [0.3, 0.4) is 0 Å². The van der Waals surface area contributed by atoms with Crippen LogP contribution in [0.15, 0.2) is 0 Å². The van der Waals surface area contributed by atoms with Crippen LogP contribution in [0.4, 0.5) is 0 Å². The molecule has 5 rings (SSSR count). The lowest BCUT2D eigenvalue weighted by molar-refractivity contribution is -0.150. The van der Waals surface area contributed by atoms with E-state index in [2.05, 4.69) is 9.80 Å². The summed E-state index contributed by atoms with van der Waals surface area (Å²) >= 11 is 0. The number of hydrogen-bond acceptors (Lipinski definition) is 6. The van der Waals surface area contributed by atoms with Crippen molar-refractivity contribution >= 4 is 0 Å². The highest BCUT2D eigenvalue weighted by molar-refractivity contribution is 4.86. The first-order valence-corrected chi connectivity index (χ1v) is 10.7. The summed E-state index contributed by atoms with van der Waals surface area (Å²) in [5.41, 5.74) is 0. The Morgan fingerprint density at radius 3 is 1.77 bits per heavy atom. The van der Waals surface area contributed by atoms with E-state index in [-0.39, 0.29) is 0 Å². The van der Waals surface area contributed by atoms with Crippen molar-refractivity contribution < 1.29 is 18.9 Å². The zero-order valence-electron chi connectivity index (χ0n) is 15.9. The largest absolute Gasteiger partial charge is 0.372 e.